The van der Waals surface area contributed by atoms with E-state index in [4.69, 9.17) is 4.74 Å². The molecule has 4 nitrogen and oxygen atoms in total. The molecule has 24 heavy (non-hydrogen) atoms. The van der Waals surface area contributed by atoms with Crippen LogP contribution < -0.4 is 10.1 Å². The highest BCUT2D eigenvalue weighted by atomic mass is 32.2. The van der Waals surface area contributed by atoms with E-state index in [1.54, 1.807) is 12.1 Å². The molecule has 1 N–H and O–H groups in total. The van der Waals surface area contributed by atoms with Crippen LogP contribution in [0, 0.1) is 5.92 Å². The summed E-state index contributed by atoms with van der Waals surface area (Å²) in [7, 11) is -1.10. The number of benzene rings is 2. The molecule has 2 aromatic carbocycles. The summed E-state index contributed by atoms with van der Waals surface area (Å²) in [5.74, 6) is 1.74. The normalized spacial score (nSPS) is 14.8. The van der Waals surface area contributed by atoms with Gasteiger partial charge < -0.3 is 10.1 Å². The van der Waals surface area contributed by atoms with E-state index in [-0.39, 0.29) is 5.91 Å². The van der Waals surface area contributed by atoms with Crippen LogP contribution in [0.5, 0.6) is 5.75 Å². The standard InChI is InChI=1S/C19H21NO3S/c21-19(20-12-13-24(22)18-4-2-1-3-5-18)16-8-10-17(11-9-16)23-14-15-6-7-15/h1-5,8-11,15H,6-7,12-14H2,(H,20,21)/t24-/m1/s1. The van der Waals surface area contributed by atoms with Crippen molar-refractivity contribution < 1.29 is 13.7 Å². The van der Waals surface area contributed by atoms with Crippen molar-refractivity contribution in [1.82, 2.24) is 5.32 Å². The molecule has 0 radical (unpaired) electrons. The maximum Gasteiger partial charge on any atom is 0.251 e. The van der Waals surface area contributed by atoms with Crippen LogP contribution in [0.15, 0.2) is 59.5 Å². The Morgan fingerprint density at radius 3 is 2.46 bits per heavy atom. The minimum Gasteiger partial charge on any atom is -0.493 e. The van der Waals surface area contributed by atoms with Crippen LogP contribution in [0.25, 0.3) is 0 Å². The summed E-state index contributed by atoms with van der Waals surface area (Å²) in [6.45, 7) is 1.14. The van der Waals surface area contributed by atoms with Crippen molar-refractivity contribution in [3.8, 4) is 5.75 Å². The zero-order valence-electron chi connectivity index (χ0n) is 13.4. The molecule has 1 saturated carbocycles. The second-order valence-electron chi connectivity index (χ2n) is 5.90. The summed E-state index contributed by atoms with van der Waals surface area (Å²) in [6.07, 6.45) is 2.51. The third-order valence-corrected chi connectivity index (χ3v) is 5.25. The van der Waals surface area contributed by atoms with E-state index in [0.717, 1.165) is 17.3 Å². The van der Waals surface area contributed by atoms with E-state index in [1.165, 1.54) is 12.8 Å². The molecular weight excluding hydrogens is 322 g/mol. The lowest BCUT2D eigenvalue weighted by Crippen LogP contribution is -2.27. The topological polar surface area (TPSA) is 55.4 Å². The maximum absolute atomic E-state index is 12.1. The van der Waals surface area contributed by atoms with Gasteiger partial charge in [0.1, 0.15) is 5.75 Å². The van der Waals surface area contributed by atoms with Crippen molar-refractivity contribution in [2.24, 2.45) is 5.92 Å². The molecule has 1 atom stereocenters. The van der Waals surface area contributed by atoms with Gasteiger partial charge in [-0.2, -0.15) is 0 Å². The van der Waals surface area contributed by atoms with Crippen LogP contribution in [-0.2, 0) is 10.8 Å². The summed E-state index contributed by atoms with van der Waals surface area (Å²) in [5, 5.41) is 2.81. The number of nitrogens with one attached hydrogen (secondary N) is 1. The minimum absolute atomic E-state index is 0.159. The van der Waals surface area contributed by atoms with Crippen LogP contribution in [0.1, 0.15) is 23.2 Å². The highest BCUT2D eigenvalue weighted by Crippen LogP contribution is 2.29. The van der Waals surface area contributed by atoms with Gasteiger partial charge in [-0.25, -0.2) is 0 Å². The van der Waals surface area contributed by atoms with E-state index in [9.17, 15) is 9.00 Å². The average molecular weight is 343 g/mol. The molecule has 0 aliphatic heterocycles. The molecule has 5 heteroatoms. The SMILES string of the molecule is O=C(NCC[S@@](=O)c1ccccc1)c1ccc(OCC2CC2)cc1. The fraction of sp³-hybridized carbons (Fsp3) is 0.316. The summed E-state index contributed by atoms with van der Waals surface area (Å²) >= 11 is 0. The third kappa shape index (κ3) is 4.93. The smallest absolute Gasteiger partial charge is 0.251 e. The number of carbonyl (C=O) groups is 1. The predicted octanol–water partition coefficient (Wildman–Crippen LogP) is 3.01. The van der Waals surface area contributed by atoms with Gasteiger partial charge in [-0.05, 0) is 55.2 Å². The van der Waals surface area contributed by atoms with E-state index < -0.39 is 10.8 Å². The molecule has 0 unspecified atom stereocenters. The third-order valence-electron chi connectivity index (χ3n) is 3.88. The van der Waals surface area contributed by atoms with E-state index in [1.807, 2.05) is 42.5 Å². The Morgan fingerprint density at radius 1 is 1.08 bits per heavy atom. The Kier molecular flexibility index (Phi) is 5.64. The molecule has 0 aromatic heterocycles. The van der Waals surface area contributed by atoms with Crippen LogP contribution in [0.4, 0.5) is 0 Å². The first-order valence-corrected chi connectivity index (χ1v) is 9.49. The molecule has 1 aliphatic carbocycles. The largest absolute Gasteiger partial charge is 0.493 e. The van der Waals surface area contributed by atoms with Gasteiger partial charge in [-0.15, -0.1) is 0 Å². The van der Waals surface area contributed by atoms with Gasteiger partial charge in [0.15, 0.2) is 0 Å². The Balaban J connectivity index is 1.43. The Hall–Kier alpha value is -2.14. The Bertz CT molecular complexity index is 696. The van der Waals surface area contributed by atoms with Gasteiger partial charge >= 0.3 is 0 Å². The number of amides is 1. The average Bonchev–Trinajstić information content (AvgIpc) is 3.45. The summed E-state index contributed by atoms with van der Waals surface area (Å²) in [5.41, 5.74) is 0.583. The van der Waals surface area contributed by atoms with Crippen LogP contribution in [-0.4, -0.2) is 29.0 Å². The molecule has 0 saturated heterocycles. The molecule has 1 aliphatic rings. The lowest BCUT2D eigenvalue weighted by atomic mass is 10.2. The minimum atomic E-state index is -1.10. The second kappa shape index (κ2) is 8.11. The molecule has 0 spiro atoms. The monoisotopic (exact) mass is 343 g/mol. The van der Waals surface area contributed by atoms with Gasteiger partial charge in [-0.1, -0.05) is 18.2 Å². The van der Waals surface area contributed by atoms with E-state index in [0.29, 0.717) is 23.8 Å². The predicted molar refractivity (Wildman–Crippen MR) is 94.7 cm³/mol. The second-order valence-corrected chi connectivity index (χ2v) is 7.47. The lowest BCUT2D eigenvalue weighted by Gasteiger charge is -2.08. The first-order chi connectivity index (χ1) is 11.7. The quantitative estimate of drug-likeness (QED) is 0.802. The van der Waals surface area contributed by atoms with Crippen molar-refractivity contribution in [1.29, 1.82) is 0 Å². The first kappa shape index (κ1) is 16.7. The summed E-state index contributed by atoms with van der Waals surface area (Å²) < 4.78 is 17.7. The maximum atomic E-state index is 12.1. The van der Waals surface area contributed by atoms with Gasteiger partial charge in [-0.3, -0.25) is 9.00 Å². The molecule has 1 fully saturated rings. The molecule has 2 aromatic rings. The van der Waals surface area contributed by atoms with Crippen molar-refractivity contribution in [3.05, 3.63) is 60.2 Å². The van der Waals surface area contributed by atoms with Crippen LogP contribution in [0.2, 0.25) is 0 Å². The van der Waals surface area contributed by atoms with Crippen molar-refractivity contribution in [2.45, 2.75) is 17.7 Å². The number of rotatable bonds is 8. The van der Waals surface area contributed by atoms with Gasteiger partial charge in [0, 0.05) is 22.8 Å². The zero-order valence-corrected chi connectivity index (χ0v) is 14.3. The van der Waals surface area contributed by atoms with Crippen molar-refractivity contribution >= 4 is 16.7 Å². The van der Waals surface area contributed by atoms with Gasteiger partial charge in [0.2, 0.25) is 0 Å². The first-order valence-electron chi connectivity index (χ1n) is 8.17. The summed E-state index contributed by atoms with van der Waals surface area (Å²) in [6, 6.07) is 16.4. The number of hydrogen-bond donors (Lipinski definition) is 1. The van der Waals surface area contributed by atoms with E-state index in [2.05, 4.69) is 5.32 Å². The molecule has 3 rings (SSSR count). The molecule has 1 amide bonds. The number of hydrogen-bond acceptors (Lipinski definition) is 3. The Labute approximate surface area is 144 Å². The fourth-order valence-electron chi connectivity index (χ4n) is 2.25. The molecule has 0 heterocycles. The highest BCUT2D eigenvalue weighted by molar-refractivity contribution is 7.85. The lowest BCUT2D eigenvalue weighted by molar-refractivity contribution is 0.0956. The van der Waals surface area contributed by atoms with Gasteiger partial charge in [0.05, 0.1) is 17.4 Å². The Morgan fingerprint density at radius 2 is 1.79 bits per heavy atom. The molecule has 126 valence electrons. The zero-order chi connectivity index (χ0) is 16.8. The fourth-order valence-corrected chi connectivity index (χ4v) is 3.23. The van der Waals surface area contributed by atoms with Gasteiger partial charge in [0.25, 0.3) is 5.91 Å². The van der Waals surface area contributed by atoms with Crippen molar-refractivity contribution in [3.63, 3.8) is 0 Å². The van der Waals surface area contributed by atoms with Crippen molar-refractivity contribution in [2.75, 3.05) is 18.9 Å². The molecule has 0 bridgehead atoms. The summed E-state index contributed by atoms with van der Waals surface area (Å²) in [4.78, 5) is 12.9. The molecular formula is C19H21NO3S. The number of ether oxygens (including phenoxy) is 1. The highest BCUT2D eigenvalue weighted by Gasteiger charge is 2.21. The van der Waals surface area contributed by atoms with Crippen LogP contribution >= 0.6 is 0 Å². The van der Waals surface area contributed by atoms with E-state index >= 15 is 0 Å². The number of carbonyl (C=O) groups excluding carboxylic acids is 1. The van der Waals surface area contributed by atoms with Crippen LogP contribution in [0.3, 0.4) is 0 Å².